The molecule has 1 aromatic carbocycles. The van der Waals surface area contributed by atoms with Gasteiger partial charge in [0.05, 0.1) is 22.1 Å². The lowest BCUT2D eigenvalue weighted by Gasteiger charge is -2.28. The third-order valence-corrected chi connectivity index (χ3v) is 3.74. The summed E-state index contributed by atoms with van der Waals surface area (Å²) in [5.41, 5.74) is 4.64. The second-order valence-electron chi connectivity index (χ2n) is 5.07. The van der Waals surface area contributed by atoms with Crippen LogP contribution in [0.4, 0.5) is 10.1 Å². The molecule has 1 amide bonds. The lowest BCUT2D eigenvalue weighted by molar-refractivity contribution is -0.385. The number of non-ortho nitro benzene ring substituents is 1. The van der Waals surface area contributed by atoms with Gasteiger partial charge >= 0.3 is 0 Å². The molecule has 0 atom stereocenters. The van der Waals surface area contributed by atoms with Gasteiger partial charge in [0.1, 0.15) is 5.82 Å². The molecule has 108 valence electrons. The summed E-state index contributed by atoms with van der Waals surface area (Å²) >= 11 is 0. The average molecular weight is 281 g/mol. The Morgan fingerprint density at radius 1 is 1.45 bits per heavy atom. The lowest BCUT2D eigenvalue weighted by Crippen LogP contribution is -2.51. The molecule has 0 aliphatic heterocycles. The number of nitro groups is 1. The third-order valence-electron chi connectivity index (χ3n) is 3.74. The number of rotatable bonds is 4. The van der Waals surface area contributed by atoms with Gasteiger partial charge in [-0.25, -0.2) is 4.39 Å². The Hall–Kier alpha value is -2.02. The molecule has 0 aromatic heterocycles. The van der Waals surface area contributed by atoms with Crippen LogP contribution in [0.5, 0.6) is 0 Å². The Morgan fingerprint density at radius 3 is 2.60 bits per heavy atom. The van der Waals surface area contributed by atoms with Crippen LogP contribution < -0.4 is 11.1 Å². The summed E-state index contributed by atoms with van der Waals surface area (Å²) in [5, 5.41) is 13.3. The molecule has 0 bridgehead atoms. The predicted octanol–water partition coefficient (Wildman–Crippen LogP) is 1.74. The Labute approximate surface area is 115 Å². The van der Waals surface area contributed by atoms with E-state index in [0.29, 0.717) is 6.54 Å². The summed E-state index contributed by atoms with van der Waals surface area (Å²) in [7, 11) is 0. The molecule has 6 nitrogen and oxygen atoms in total. The number of halogens is 1. The second-order valence-corrected chi connectivity index (χ2v) is 5.07. The first-order valence-electron chi connectivity index (χ1n) is 6.44. The van der Waals surface area contributed by atoms with Crippen molar-refractivity contribution in [3.05, 3.63) is 39.7 Å². The summed E-state index contributed by atoms with van der Waals surface area (Å²) in [4.78, 5) is 21.9. The molecule has 0 saturated heterocycles. The minimum Gasteiger partial charge on any atom is -0.345 e. The molecule has 1 aliphatic rings. The van der Waals surface area contributed by atoms with Crippen molar-refractivity contribution in [2.75, 3.05) is 6.54 Å². The van der Waals surface area contributed by atoms with Crippen LogP contribution >= 0.6 is 0 Å². The number of nitrogens with one attached hydrogen (secondary N) is 1. The zero-order valence-electron chi connectivity index (χ0n) is 10.9. The minimum absolute atomic E-state index is 0.199. The van der Waals surface area contributed by atoms with E-state index in [-0.39, 0.29) is 11.3 Å². The van der Waals surface area contributed by atoms with E-state index in [9.17, 15) is 19.3 Å². The summed E-state index contributed by atoms with van der Waals surface area (Å²) in [6, 6.07) is 2.99. The zero-order valence-corrected chi connectivity index (χ0v) is 10.9. The maximum atomic E-state index is 13.8. The molecule has 3 N–H and O–H groups in total. The highest BCUT2D eigenvalue weighted by atomic mass is 19.1. The third kappa shape index (κ3) is 2.77. The monoisotopic (exact) mass is 281 g/mol. The summed E-state index contributed by atoms with van der Waals surface area (Å²) in [5.74, 6) is -1.48. The number of hydrogen-bond donors (Lipinski definition) is 2. The van der Waals surface area contributed by atoms with E-state index in [2.05, 4.69) is 5.32 Å². The van der Waals surface area contributed by atoms with Gasteiger partial charge in [-0.3, -0.25) is 14.9 Å². The number of carbonyl (C=O) groups is 1. The fourth-order valence-corrected chi connectivity index (χ4v) is 2.54. The minimum atomic E-state index is -0.901. The summed E-state index contributed by atoms with van der Waals surface area (Å²) < 4.78 is 13.8. The molecule has 0 spiro atoms. The fraction of sp³-hybridized carbons (Fsp3) is 0.462. The number of nitrogens with zero attached hydrogens (tertiary/aromatic N) is 1. The molecule has 20 heavy (non-hydrogen) atoms. The normalized spacial score (nSPS) is 16.9. The zero-order chi connectivity index (χ0) is 14.8. The quantitative estimate of drug-likeness (QED) is 0.648. The standard InChI is InChI=1S/C13H16FN3O3/c14-11-7-9(17(19)20)3-4-10(11)12(18)16-13(8-15)5-1-2-6-13/h3-4,7H,1-2,5-6,8,15H2,(H,16,18). The van der Waals surface area contributed by atoms with Crippen molar-refractivity contribution in [1.82, 2.24) is 5.32 Å². The van der Waals surface area contributed by atoms with Crippen LogP contribution in [0.25, 0.3) is 0 Å². The van der Waals surface area contributed by atoms with E-state index in [0.717, 1.165) is 43.9 Å². The number of hydrogen-bond acceptors (Lipinski definition) is 4. The molecule has 0 radical (unpaired) electrons. The van der Waals surface area contributed by atoms with Crippen molar-refractivity contribution in [2.45, 2.75) is 31.2 Å². The number of nitro benzene ring substituents is 1. The number of nitrogens with two attached hydrogens (primary N) is 1. The van der Waals surface area contributed by atoms with Gasteiger partial charge in [-0.05, 0) is 18.9 Å². The average Bonchev–Trinajstić information content (AvgIpc) is 2.87. The van der Waals surface area contributed by atoms with Crippen molar-refractivity contribution in [3.8, 4) is 0 Å². The molecule has 2 rings (SSSR count). The first kappa shape index (κ1) is 14.4. The van der Waals surface area contributed by atoms with Crippen molar-refractivity contribution in [3.63, 3.8) is 0 Å². The van der Waals surface area contributed by atoms with Crippen LogP contribution in [-0.2, 0) is 0 Å². The largest absolute Gasteiger partial charge is 0.345 e. The smallest absolute Gasteiger partial charge is 0.272 e. The van der Waals surface area contributed by atoms with E-state index >= 15 is 0 Å². The highest BCUT2D eigenvalue weighted by Gasteiger charge is 2.34. The Bertz CT molecular complexity index is 542. The maximum Gasteiger partial charge on any atom is 0.272 e. The molecule has 0 heterocycles. The SMILES string of the molecule is NCC1(NC(=O)c2ccc([N+](=O)[O-])cc2F)CCCC1. The van der Waals surface area contributed by atoms with Crippen molar-refractivity contribution in [2.24, 2.45) is 5.73 Å². The molecule has 1 saturated carbocycles. The van der Waals surface area contributed by atoms with E-state index in [1.54, 1.807) is 0 Å². The van der Waals surface area contributed by atoms with Crippen LogP contribution in [0.2, 0.25) is 0 Å². The molecule has 1 aromatic rings. The van der Waals surface area contributed by atoms with Crippen LogP contribution in [0.1, 0.15) is 36.0 Å². The topological polar surface area (TPSA) is 98.3 Å². The number of amides is 1. The van der Waals surface area contributed by atoms with Gasteiger partial charge < -0.3 is 11.1 Å². The van der Waals surface area contributed by atoms with E-state index in [4.69, 9.17) is 5.73 Å². The van der Waals surface area contributed by atoms with Gasteiger partial charge in [0, 0.05) is 12.6 Å². The van der Waals surface area contributed by atoms with E-state index in [1.807, 2.05) is 0 Å². The first-order valence-corrected chi connectivity index (χ1v) is 6.44. The molecular weight excluding hydrogens is 265 g/mol. The highest BCUT2D eigenvalue weighted by Crippen LogP contribution is 2.29. The Balaban J connectivity index is 2.19. The Morgan fingerprint density at radius 2 is 2.10 bits per heavy atom. The van der Waals surface area contributed by atoms with Crippen LogP contribution in [0, 0.1) is 15.9 Å². The van der Waals surface area contributed by atoms with Gasteiger partial charge in [0.2, 0.25) is 0 Å². The first-order chi connectivity index (χ1) is 9.47. The second kappa shape index (κ2) is 5.54. The fourth-order valence-electron chi connectivity index (χ4n) is 2.54. The number of benzene rings is 1. The van der Waals surface area contributed by atoms with Gasteiger partial charge in [-0.1, -0.05) is 12.8 Å². The van der Waals surface area contributed by atoms with Gasteiger partial charge in [-0.15, -0.1) is 0 Å². The van der Waals surface area contributed by atoms with Crippen molar-refractivity contribution in [1.29, 1.82) is 0 Å². The van der Waals surface area contributed by atoms with Crippen LogP contribution in [0.15, 0.2) is 18.2 Å². The Kier molecular flexibility index (Phi) is 3.99. The summed E-state index contributed by atoms with van der Waals surface area (Å²) in [6.07, 6.45) is 3.48. The van der Waals surface area contributed by atoms with Crippen LogP contribution in [-0.4, -0.2) is 22.9 Å². The van der Waals surface area contributed by atoms with Gasteiger partial charge in [0.15, 0.2) is 0 Å². The van der Waals surface area contributed by atoms with Gasteiger partial charge in [0.25, 0.3) is 11.6 Å². The van der Waals surface area contributed by atoms with E-state index < -0.39 is 22.2 Å². The lowest BCUT2D eigenvalue weighted by atomic mass is 9.97. The van der Waals surface area contributed by atoms with Crippen molar-refractivity contribution < 1.29 is 14.1 Å². The highest BCUT2D eigenvalue weighted by molar-refractivity contribution is 5.95. The van der Waals surface area contributed by atoms with Crippen molar-refractivity contribution >= 4 is 11.6 Å². The molecular formula is C13H16FN3O3. The molecule has 0 unspecified atom stereocenters. The molecule has 7 heteroatoms. The molecule has 1 fully saturated rings. The maximum absolute atomic E-state index is 13.8. The predicted molar refractivity (Wildman–Crippen MR) is 70.8 cm³/mol. The molecule has 1 aliphatic carbocycles. The summed E-state index contributed by atoms with van der Waals surface area (Å²) in [6.45, 7) is 0.299. The van der Waals surface area contributed by atoms with Gasteiger partial charge in [-0.2, -0.15) is 0 Å². The van der Waals surface area contributed by atoms with E-state index in [1.165, 1.54) is 0 Å². The number of carbonyl (C=O) groups excluding carboxylic acids is 1. The van der Waals surface area contributed by atoms with Crippen LogP contribution in [0.3, 0.4) is 0 Å².